The van der Waals surface area contributed by atoms with Crippen LogP contribution in [0.4, 0.5) is 0 Å². The Bertz CT molecular complexity index is 2690. The Balaban J connectivity index is 1.10. The molecule has 1 aromatic heterocycles. The van der Waals surface area contributed by atoms with Crippen LogP contribution in [0.25, 0.3) is 67.2 Å². The third-order valence-electron chi connectivity index (χ3n) is 11.5. The average Bonchev–Trinajstić information content (AvgIpc) is 3.26. The molecule has 0 atom stereocenters. The van der Waals surface area contributed by atoms with Crippen LogP contribution < -0.4 is 5.30 Å². The minimum absolute atomic E-state index is 0.0870. The van der Waals surface area contributed by atoms with E-state index in [1.54, 1.807) is 0 Å². The predicted octanol–water partition coefficient (Wildman–Crippen LogP) is 12.9. The van der Waals surface area contributed by atoms with Gasteiger partial charge in [-0.15, -0.1) is 0 Å². The number of hydrogen-bond acceptors (Lipinski definition) is 4. The highest BCUT2D eigenvalue weighted by Crippen LogP contribution is 2.46. The van der Waals surface area contributed by atoms with Crippen molar-refractivity contribution in [3.05, 3.63) is 181 Å². The summed E-state index contributed by atoms with van der Waals surface area (Å²) in [5.74, 6) is 1.96. The molecule has 274 valence electrons. The van der Waals surface area contributed by atoms with Gasteiger partial charge in [-0.2, -0.15) is 0 Å². The zero-order valence-electron chi connectivity index (χ0n) is 31.9. The molecular weight excluding hydrogens is 702 g/mol. The van der Waals surface area contributed by atoms with E-state index in [0.717, 1.165) is 51.3 Å². The first-order valence-corrected chi connectivity index (χ1v) is 22.2. The van der Waals surface area contributed by atoms with Crippen molar-refractivity contribution in [3.8, 4) is 56.4 Å². The van der Waals surface area contributed by atoms with Gasteiger partial charge in [0, 0.05) is 27.4 Å². The fourth-order valence-corrected chi connectivity index (χ4v) is 9.25. The van der Waals surface area contributed by atoms with Crippen LogP contribution in [-0.2, 0) is 9.98 Å². The van der Waals surface area contributed by atoms with Gasteiger partial charge in [-0.3, -0.25) is 0 Å². The molecule has 0 bridgehead atoms. The van der Waals surface area contributed by atoms with Gasteiger partial charge in [0.15, 0.2) is 17.5 Å². The van der Waals surface area contributed by atoms with Gasteiger partial charge in [0.1, 0.15) is 7.14 Å². The van der Waals surface area contributed by atoms with Crippen molar-refractivity contribution in [1.82, 2.24) is 15.0 Å². The average molecular weight is 746 g/mol. The topological polar surface area (TPSA) is 55.7 Å². The molecule has 0 N–H and O–H groups in total. The fourth-order valence-electron chi connectivity index (χ4n) is 8.38. The van der Waals surface area contributed by atoms with Gasteiger partial charge < -0.3 is 4.57 Å². The van der Waals surface area contributed by atoms with E-state index in [0.29, 0.717) is 17.5 Å². The van der Waals surface area contributed by atoms with E-state index >= 15 is 0 Å². The maximum atomic E-state index is 12.7. The summed E-state index contributed by atoms with van der Waals surface area (Å²) in [6.45, 7) is 3.66. The van der Waals surface area contributed by atoms with Crippen LogP contribution >= 0.6 is 7.14 Å². The van der Waals surface area contributed by atoms with Crippen molar-refractivity contribution in [1.29, 1.82) is 0 Å². The maximum absolute atomic E-state index is 12.7. The normalized spacial score (nSPS) is 14.1. The van der Waals surface area contributed by atoms with E-state index in [9.17, 15) is 4.57 Å². The van der Waals surface area contributed by atoms with Crippen molar-refractivity contribution >= 4 is 23.2 Å². The summed E-state index contributed by atoms with van der Waals surface area (Å²) in [5.41, 5.74) is 10.1. The van der Waals surface area contributed by atoms with E-state index in [-0.39, 0.29) is 5.41 Å². The lowest BCUT2D eigenvalue weighted by Crippen LogP contribution is -2.30. The van der Waals surface area contributed by atoms with Gasteiger partial charge >= 0.3 is 0 Å². The summed E-state index contributed by atoms with van der Waals surface area (Å²) in [4.78, 5) is 15.3. The number of fused-ring (bicyclic) bond motifs is 1. The third kappa shape index (κ3) is 7.14. The smallest absolute Gasteiger partial charge is 0.164 e. The van der Waals surface area contributed by atoms with Gasteiger partial charge in [0.25, 0.3) is 0 Å². The summed E-state index contributed by atoms with van der Waals surface area (Å²) in [6.07, 6.45) is 5.84. The lowest BCUT2D eigenvalue weighted by Gasteiger charge is -2.39. The number of rotatable bonds is 8. The molecule has 5 heteroatoms. The van der Waals surface area contributed by atoms with Crippen molar-refractivity contribution in [2.75, 3.05) is 13.3 Å². The monoisotopic (exact) mass is 745 g/mol. The van der Waals surface area contributed by atoms with Gasteiger partial charge in [0.2, 0.25) is 0 Å². The second-order valence-corrected chi connectivity index (χ2v) is 18.7. The highest BCUT2D eigenvalue weighted by molar-refractivity contribution is 7.70. The number of aromatic nitrogens is 3. The first-order valence-electron chi connectivity index (χ1n) is 19.6. The fraction of sp³-hybridized carbons (Fsp3) is 0.157. The van der Waals surface area contributed by atoms with Gasteiger partial charge in [0.05, 0.1) is 0 Å². The lowest BCUT2D eigenvalue weighted by molar-refractivity contribution is 0.346. The largest absolute Gasteiger partial charge is 0.319 e. The Hall–Kier alpha value is -5.96. The number of hydrogen-bond donors (Lipinski definition) is 0. The second kappa shape index (κ2) is 14.9. The molecule has 1 saturated carbocycles. The Labute approximate surface area is 329 Å². The molecule has 0 saturated heterocycles. The molecule has 0 radical (unpaired) electrons. The van der Waals surface area contributed by atoms with E-state index in [4.69, 9.17) is 15.0 Å². The summed E-state index contributed by atoms with van der Waals surface area (Å²) < 4.78 is 12.7. The Morgan fingerprint density at radius 1 is 0.411 bits per heavy atom. The van der Waals surface area contributed by atoms with Crippen LogP contribution in [0.5, 0.6) is 0 Å². The molecule has 7 aromatic carbocycles. The van der Waals surface area contributed by atoms with Crippen molar-refractivity contribution in [2.45, 2.75) is 37.5 Å². The van der Waals surface area contributed by atoms with Crippen LogP contribution in [0, 0.1) is 0 Å². The van der Waals surface area contributed by atoms with Crippen molar-refractivity contribution in [3.63, 3.8) is 0 Å². The maximum Gasteiger partial charge on any atom is 0.164 e. The molecule has 8 aromatic rings. The first kappa shape index (κ1) is 35.7. The molecule has 0 amide bonds. The highest BCUT2D eigenvalue weighted by atomic mass is 31.2. The quantitative estimate of drug-likeness (QED) is 0.145. The molecule has 1 aliphatic rings. The van der Waals surface area contributed by atoms with Gasteiger partial charge in [-0.05, 0) is 76.4 Å². The van der Waals surface area contributed by atoms with E-state index < -0.39 is 7.14 Å². The molecule has 1 fully saturated rings. The van der Waals surface area contributed by atoms with E-state index in [1.807, 2.05) is 31.5 Å². The number of benzene rings is 7. The lowest BCUT2D eigenvalue weighted by atomic mass is 9.65. The molecule has 1 aliphatic carbocycles. The molecule has 1 heterocycles. The van der Waals surface area contributed by atoms with Crippen LogP contribution in [0.1, 0.15) is 43.2 Å². The number of nitrogens with zero attached hydrogens (tertiary/aromatic N) is 3. The second-order valence-electron chi connectivity index (χ2n) is 15.5. The molecular formula is C51H44N3OP. The van der Waals surface area contributed by atoms with Crippen LogP contribution in [0.2, 0.25) is 0 Å². The summed E-state index contributed by atoms with van der Waals surface area (Å²) in [6, 6.07) is 60.1. The van der Waals surface area contributed by atoms with Crippen LogP contribution in [-0.4, -0.2) is 28.3 Å². The minimum atomic E-state index is -2.31. The summed E-state index contributed by atoms with van der Waals surface area (Å²) in [5, 5.41) is 3.25. The molecule has 4 nitrogen and oxygen atoms in total. The molecule has 56 heavy (non-hydrogen) atoms. The Morgan fingerprint density at radius 3 is 1.57 bits per heavy atom. The standard InChI is InChI=1S/C51H44N3OP/c1-56(2,55)47-30-26-39(27-31-47)43-16-11-17-46(35-43)51(32-9-4-10-33-51)45-28-24-41(25-29-45)49-52-48(40-21-18-38(19-22-40)36-12-5-3-6-13-36)53-50(54-49)44-23-20-37-14-7-8-15-42(37)34-44/h3,5-8,11-31,34-35H,4,9-10,32-33H2,1-2H3. The molecule has 0 aliphatic heterocycles. The van der Waals surface area contributed by atoms with Gasteiger partial charge in [-0.1, -0.05) is 183 Å². The first-order chi connectivity index (χ1) is 27.3. The van der Waals surface area contributed by atoms with Crippen molar-refractivity contribution < 1.29 is 4.57 Å². The summed E-state index contributed by atoms with van der Waals surface area (Å²) in [7, 11) is -2.31. The van der Waals surface area contributed by atoms with E-state index in [2.05, 4.69) is 152 Å². The Morgan fingerprint density at radius 2 is 0.911 bits per heavy atom. The molecule has 0 spiro atoms. The summed E-state index contributed by atoms with van der Waals surface area (Å²) >= 11 is 0. The predicted molar refractivity (Wildman–Crippen MR) is 234 cm³/mol. The molecule has 0 unspecified atom stereocenters. The zero-order valence-corrected chi connectivity index (χ0v) is 32.8. The third-order valence-corrected chi connectivity index (χ3v) is 13.1. The van der Waals surface area contributed by atoms with Crippen LogP contribution in [0.3, 0.4) is 0 Å². The molecule has 9 rings (SSSR count). The SMILES string of the molecule is CP(C)(=O)c1ccc(-c2cccc(C3(c4ccc(-c5nc(-c6ccc(-c7ccccc7)cc6)nc(-c6ccc7ccccc7c6)n5)cc4)CCCCC3)c2)cc1. The van der Waals surface area contributed by atoms with Gasteiger partial charge in [-0.25, -0.2) is 15.0 Å². The zero-order chi connectivity index (χ0) is 38.1. The highest BCUT2D eigenvalue weighted by Gasteiger charge is 2.36. The van der Waals surface area contributed by atoms with E-state index in [1.165, 1.54) is 46.9 Å². The minimum Gasteiger partial charge on any atom is -0.319 e. The van der Waals surface area contributed by atoms with Crippen molar-refractivity contribution in [2.24, 2.45) is 0 Å². The van der Waals surface area contributed by atoms with Crippen LogP contribution in [0.15, 0.2) is 170 Å². The Kier molecular flexibility index (Phi) is 9.53.